The molecule has 1 aromatic rings. The van der Waals surface area contributed by atoms with E-state index in [0.29, 0.717) is 5.56 Å². The molecule has 1 aromatic heterocycles. The summed E-state index contributed by atoms with van der Waals surface area (Å²) in [6.07, 6.45) is 5.75. The Hall–Kier alpha value is -0.990. The van der Waals surface area contributed by atoms with E-state index >= 15 is 0 Å². The second kappa shape index (κ2) is 5.03. The van der Waals surface area contributed by atoms with Gasteiger partial charge < -0.3 is 4.90 Å². The van der Waals surface area contributed by atoms with Gasteiger partial charge in [0.1, 0.15) is 16.7 Å². The lowest BCUT2D eigenvalue weighted by molar-refractivity contribution is 0.567. The van der Waals surface area contributed by atoms with Crippen molar-refractivity contribution in [1.82, 2.24) is 9.27 Å². The van der Waals surface area contributed by atoms with Gasteiger partial charge in [0.2, 0.25) is 0 Å². The summed E-state index contributed by atoms with van der Waals surface area (Å²) in [4.78, 5) is 2.85. The standard InChI is InChI=1S/C9H11N3S2/c1-12(2)5-4-8-7(6-10)9(13-3)11-14-8/h4-5H,1-3H3. The van der Waals surface area contributed by atoms with Gasteiger partial charge in [0, 0.05) is 20.3 Å². The molecule has 14 heavy (non-hydrogen) atoms. The molecule has 0 radical (unpaired) electrons. The van der Waals surface area contributed by atoms with E-state index in [-0.39, 0.29) is 0 Å². The Bertz CT molecular complexity index is 374. The van der Waals surface area contributed by atoms with E-state index in [1.54, 1.807) is 0 Å². The number of thioether (sulfide) groups is 1. The maximum absolute atomic E-state index is 8.94. The minimum absolute atomic E-state index is 0.681. The lowest BCUT2D eigenvalue weighted by Gasteiger charge is -2.01. The molecule has 0 aliphatic carbocycles. The third kappa shape index (κ3) is 2.50. The van der Waals surface area contributed by atoms with Crippen LogP contribution in [0.2, 0.25) is 0 Å². The van der Waals surface area contributed by atoms with Crippen LogP contribution in [0.15, 0.2) is 11.2 Å². The van der Waals surface area contributed by atoms with E-state index in [1.165, 1.54) is 23.3 Å². The molecule has 0 saturated heterocycles. The first-order chi connectivity index (χ1) is 6.69. The molecule has 0 unspecified atom stereocenters. The summed E-state index contributed by atoms with van der Waals surface area (Å²) in [5, 5.41) is 9.76. The Morgan fingerprint density at radius 2 is 2.29 bits per heavy atom. The second-order valence-electron chi connectivity index (χ2n) is 2.82. The normalized spacial score (nSPS) is 10.4. The van der Waals surface area contributed by atoms with Crippen molar-refractivity contribution in [2.75, 3.05) is 20.4 Å². The van der Waals surface area contributed by atoms with Gasteiger partial charge in [-0.25, -0.2) is 0 Å². The van der Waals surface area contributed by atoms with Crippen LogP contribution < -0.4 is 0 Å². The molecule has 0 atom stereocenters. The highest BCUT2D eigenvalue weighted by Gasteiger charge is 2.09. The van der Waals surface area contributed by atoms with Gasteiger partial charge in [-0.05, 0) is 23.9 Å². The smallest absolute Gasteiger partial charge is 0.128 e. The quantitative estimate of drug-likeness (QED) is 0.740. The Morgan fingerprint density at radius 3 is 2.79 bits per heavy atom. The second-order valence-corrected chi connectivity index (χ2v) is 4.42. The van der Waals surface area contributed by atoms with E-state index in [2.05, 4.69) is 10.4 Å². The zero-order chi connectivity index (χ0) is 10.6. The fraction of sp³-hybridized carbons (Fsp3) is 0.333. The first kappa shape index (κ1) is 11.1. The summed E-state index contributed by atoms with van der Waals surface area (Å²) < 4.78 is 4.20. The van der Waals surface area contributed by atoms with E-state index < -0.39 is 0 Å². The van der Waals surface area contributed by atoms with Gasteiger partial charge in [0.25, 0.3) is 0 Å². The number of aromatic nitrogens is 1. The van der Waals surface area contributed by atoms with Gasteiger partial charge in [-0.3, -0.25) is 0 Å². The maximum atomic E-state index is 8.94. The molecule has 5 heteroatoms. The molecule has 1 heterocycles. The summed E-state index contributed by atoms with van der Waals surface area (Å²) in [6, 6.07) is 2.18. The Balaban J connectivity index is 2.99. The van der Waals surface area contributed by atoms with Crippen LogP contribution in [0.1, 0.15) is 10.4 Å². The highest BCUT2D eigenvalue weighted by Crippen LogP contribution is 2.26. The van der Waals surface area contributed by atoms with Crippen LogP contribution in [-0.4, -0.2) is 29.6 Å². The van der Waals surface area contributed by atoms with Gasteiger partial charge in [-0.1, -0.05) is 0 Å². The van der Waals surface area contributed by atoms with Crippen LogP contribution in [0, 0.1) is 11.3 Å². The molecular formula is C9H11N3S2. The van der Waals surface area contributed by atoms with E-state index in [0.717, 1.165) is 9.90 Å². The summed E-state index contributed by atoms with van der Waals surface area (Å²) in [5.41, 5.74) is 0.681. The minimum atomic E-state index is 0.681. The Labute approximate surface area is 92.2 Å². The fourth-order valence-corrected chi connectivity index (χ4v) is 2.32. The van der Waals surface area contributed by atoms with E-state index in [9.17, 15) is 0 Å². The van der Waals surface area contributed by atoms with Crippen molar-refractivity contribution in [1.29, 1.82) is 5.26 Å². The van der Waals surface area contributed by atoms with Gasteiger partial charge in [0.15, 0.2) is 0 Å². The van der Waals surface area contributed by atoms with Crippen molar-refractivity contribution in [2.24, 2.45) is 0 Å². The molecule has 0 N–H and O–H groups in total. The zero-order valence-electron chi connectivity index (χ0n) is 8.31. The van der Waals surface area contributed by atoms with E-state index in [1.807, 2.05) is 37.5 Å². The van der Waals surface area contributed by atoms with E-state index in [4.69, 9.17) is 5.26 Å². The summed E-state index contributed by atoms with van der Waals surface area (Å²) in [7, 11) is 3.89. The van der Waals surface area contributed by atoms with Crippen molar-refractivity contribution in [3.05, 3.63) is 16.6 Å². The molecule has 0 saturated carbocycles. The minimum Gasteiger partial charge on any atom is -0.383 e. The molecule has 74 valence electrons. The van der Waals surface area contributed by atoms with Gasteiger partial charge >= 0.3 is 0 Å². The summed E-state index contributed by atoms with van der Waals surface area (Å²) in [6.45, 7) is 0. The number of hydrogen-bond donors (Lipinski definition) is 0. The molecule has 0 aliphatic heterocycles. The van der Waals surface area contributed by atoms with Crippen LogP contribution in [0.3, 0.4) is 0 Å². The first-order valence-corrected chi connectivity index (χ1v) is 5.97. The lowest BCUT2D eigenvalue weighted by atomic mass is 10.3. The number of nitriles is 1. The van der Waals surface area contributed by atoms with Crippen molar-refractivity contribution >= 4 is 29.4 Å². The zero-order valence-corrected chi connectivity index (χ0v) is 9.95. The van der Waals surface area contributed by atoms with Crippen molar-refractivity contribution in [3.8, 4) is 6.07 Å². The maximum Gasteiger partial charge on any atom is 0.128 e. The third-order valence-electron chi connectivity index (χ3n) is 1.52. The molecule has 0 spiro atoms. The largest absolute Gasteiger partial charge is 0.383 e. The molecule has 0 bridgehead atoms. The van der Waals surface area contributed by atoms with Crippen LogP contribution in [0.5, 0.6) is 0 Å². The van der Waals surface area contributed by atoms with Crippen LogP contribution in [-0.2, 0) is 0 Å². The monoisotopic (exact) mass is 225 g/mol. The highest BCUT2D eigenvalue weighted by molar-refractivity contribution is 7.98. The predicted molar refractivity (Wildman–Crippen MR) is 61.3 cm³/mol. The van der Waals surface area contributed by atoms with Crippen LogP contribution in [0.4, 0.5) is 0 Å². The van der Waals surface area contributed by atoms with Gasteiger partial charge in [0.05, 0.1) is 4.88 Å². The van der Waals surface area contributed by atoms with Crippen molar-refractivity contribution in [3.63, 3.8) is 0 Å². The SMILES string of the molecule is CSc1nsc(C=CN(C)C)c1C#N. The van der Waals surface area contributed by atoms with Crippen molar-refractivity contribution in [2.45, 2.75) is 5.03 Å². The molecule has 0 amide bonds. The highest BCUT2D eigenvalue weighted by atomic mass is 32.2. The molecule has 1 rings (SSSR count). The summed E-state index contributed by atoms with van der Waals surface area (Å²) in [5.74, 6) is 0. The number of hydrogen-bond acceptors (Lipinski definition) is 5. The molecule has 0 aliphatic rings. The average Bonchev–Trinajstić information content (AvgIpc) is 2.56. The first-order valence-electron chi connectivity index (χ1n) is 3.97. The van der Waals surface area contributed by atoms with Gasteiger partial charge in [-0.2, -0.15) is 9.64 Å². The topological polar surface area (TPSA) is 39.9 Å². The fourth-order valence-electron chi connectivity index (χ4n) is 0.860. The van der Waals surface area contributed by atoms with Gasteiger partial charge in [-0.15, -0.1) is 11.8 Å². The molecule has 0 fully saturated rings. The van der Waals surface area contributed by atoms with Crippen LogP contribution >= 0.6 is 23.3 Å². The molecular weight excluding hydrogens is 214 g/mol. The summed E-state index contributed by atoms with van der Waals surface area (Å²) >= 11 is 2.86. The Kier molecular flexibility index (Phi) is 3.98. The lowest BCUT2D eigenvalue weighted by Crippen LogP contribution is -1.99. The van der Waals surface area contributed by atoms with Crippen molar-refractivity contribution < 1.29 is 0 Å². The van der Waals surface area contributed by atoms with Crippen LogP contribution in [0.25, 0.3) is 6.08 Å². The number of rotatable bonds is 3. The molecule has 0 aromatic carbocycles. The molecule has 3 nitrogen and oxygen atoms in total. The third-order valence-corrected chi connectivity index (χ3v) is 3.12. The predicted octanol–water partition coefficient (Wildman–Crippen LogP) is 2.27. The number of nitrogens with zero attached hydrogens (tertiary/aromatic N) is 3. The average molecular weight is 225 g/mol. The Morgan fingerprint density at radius 1 is 1.57 bits per heavy atom.